The second-order valence-corrected chi connectivity index (χ2v) is 7.03. The summed E-state index contributed by atoms with van der Waals surface area (Å²) in [4.78, 5) is 43.0. The fourth-order valence-electron chi connectivity index (χ4n) is 3.76. The highest BCUT2D eigenvalue weighted by Crippen LogP contribution is 2.43. The average Bonchev–Trinajstić information content (AvgIpc) is 3.11. The largest absolute Gasteiger partial charge is 0.463 e. The summed E-state index contributed by atoms with van der Waals surface area (Å²) in [5.41, 5.74) is -0.363. The Morgan fingerprint density at radius 1 is 1.28 bits per heavy atom. The van der Waals surface area contributed by atoms with Crippen LogP contribution in [-0.4, -0.2) is 46.6 Å². The Balaban J connectivity index is 1.75. The van der Waals surface area contributed by atoms with Gasteiger partial charge in [0.2, 0.25) is 0 Å². The van der Waals surface area contributed by atoms with Gasteiger partial charge < -0.3 is 24.1 Å². The molecule has 0 aliphatic carbocycles. The van der Waals surface area contributed by atoms with Gasteiger partial charge in [0.1, 0.15) is 36.7 Å². The standard InChI is InChI=1S/C19H20N4O6/c1-9-16(28-11(3)25)13(7-27-10(2)24)29-19(9)23-6-12-4-5-14(26)22-17-15(12)18(23)21-8-20-17/h4-6,8-9,13,16,19H,7H2,1-3H3,(H,20,21,22,26)/t9?,13-,16+,19-/m1/s1. The molecule has 2 aromatic heterocycles. The number of aliphatic imine (C=N–C) groups is 1. The molecule has 10 heteroatoms. The van der Waals surface area contributed by atoms with Crippen LogP contribution >= 0.6 is 0 Å². The number of nitrogens with zero attached hydrogens (tertiary/aromatic N) is 3. The van der Waals surface area contributed by atoms with E-state index in [1.165, 1.54) is 26.3 Å². The molecule has 29 heavy (non-hydrogen) atoms. The highest BCUT2D eigenvalue weighted by atomic mass is 16.6. The van der Waals surface area contributed by atoms with Crippen molar-refractivity contribution >= 4 is 40.7 Å². The highest BCUT2D eigenvalue weighted by Gasteiger charge is 2.46. The molecule has 0 radical (unpaired) electrons. The Hall–Kier alpha value is -3.27. The molecule has 4 rings (SSSR count). The number of hydrogen-bond donors (Lipinski definition) is 1. The molecule has 4 heterocycles. The Morgan fingerprint density at radius 2 is 2.07 bits per heavy atom. The van der Waals surface area contributed by atoms with Crippen molar-refractivity contribution < 1.29 is 23.8 Å². The first kappa shape index (κ1) is 19.1. The zero-order valence-electron chi connectivity index (χ0n) is 16.1. The Bertz CT molecular complexity index is 1080. The van der Waals surface area contributed by atoms with Crippen LogP contribution in [-0.2, 0) is 23.8 Å². The van der Waals surface area contributed by atoms with Crippen molar-refractivity contribution in [3.63, 3.8) is 0 Å². The summed E-state index contributed by atoms with van der Waals surface area (Å²) in [5.74, 6) is -0.148. The molecule has 0 bridgehead atoms. The van der Waals surface area contributed by atoms with Gasteiger partial charge in [0.05, 0.1) is 11.7 Å². The molecule has 2 aromatic rings. The molecule has 0 spiro atoms. The summed E-state index contributed by atoms with van der Waals surface area (Å²) in [6.45, 7) is 4.49. The number of nitrogens with one attached hydrogen (secondary N) is 1. The Labute approximate surface area is 165 Å². The minimum atomic E-state index is -0.617. The molecule has 2 aliphatic rings. The predicted molar refractivity (Wildman–Crippen MR) is 103 cm³/mol. The van der Waals surface area contributed by atoms with Crippen LogP contribution in [0.2, 0.25) is 0 Å². The quantitative estimate of drug-likeness (QED) is 0.767. The number of aromatic nitrogens is 2. The summed E-state index contributed by atoms with van der Waals surface area (Å²) in [5, 5.41) is 4.35. The van der Waals surface area contributed by atoms with Crippen molar-refractivity contribution in [2.24, 2.45) is 10.9 Å². The van der Waals surface area contributed by atoms with Crippen molar-refractivity contribution in [2.75, 3.05) is 11.9 Å². The van der Waals surface area contributed by atoms with Crippen molar-refractivity contribution in [3.05, 3.63) is 28.7 Å². The van der Waals surface area contributed by atoms with Crippen LogP contribution in [0.5, 0.6) is 0 Å². The average molecular weight is 400 g/mol. The Kier molecular flexibility index (Phi) is 4.79. The molecule has 2 aliphatic heterocycles. The Morgan fingerprint density at radius 3 is 2.79 bits per heavy atom. The van der Waals surface area contributed by atoms with Gasteiger partial charge in [-0.05, 0) is 6.07 Å². The molecule has 1 fully saturated rings. The van der Waals surface area contributed by atoms with E-state index in [9.17, 15) is 14.4 Å². The third kappa shape index (κ3) is 3.46. The SMILES string of the molecule is CC(=O)OC[C@H]1O[C@@H](n2cc3ccc(=O)nc4c3c2N=CN4)C(C)[C@@H]1OC(C)=O. The third-order valence-corrected chi connectivity index (χ3v) is 4.96. The first-order valence-electron chi connectivity index (χ1n) is 9.16. The van der Waals surface area contributed by atoms with E-state index < -0.39 is 30.4 Å². The fourth-order valence-corrected chi connectivity index (χ4v) is 3.76. The lowest BCUT2D eigenvalue weighted by atomic mass is 10.0. The lowest BCUT2D eigenvalue weighted by Gasteiger charge is -2.21. The first-order chi connectivity index (χ1) is 13.8. The van der Waals surface area contributed by atoms with Gasteiger partial charge in [-0.1, -0.05) is 6.92 Å². The second-order valence-electron chi connectivity index (χ2n) is 7.03. The van der Waals surface area contributed by atoms with Gasteiger partial charge in [0.25, 0.3) is 5.56 Å². The van der Waals surface area contributed by atoms with Gasteiger partial charge in [-0.2, -0.15) is 4.98 Å². The van der Waals surface area contributed by atoms with Crippen molar-refractivity contribution in [1.29, 1.82) is 0 Å². The summed E-state index contributed by atoms with van der Waals surface area (Å²) in [7, 11) is 0. The van der Waals surface area contributed by atoms with Crippen LogP contribution in [0.25, 0.3) is 10.8 Å². The zero-order valence-corrected chi connectivity index (χ0v) is 16.1. The number of esters is 2. The molecule has 10 nitrogen and oxygen atoms in total. The van der Waals surface area contributed by atoms with Gasteiger partial charge in [-0.3, -0.25) is 14.4 Å². The van der Waals surface area contributed by atoms with Crippen LogP contribution in [0.15, 0.2) is 28.1 Å². The third-order valence-electron chi connectivity index (χ3n) is 4.96. The molecular formula is C19H20N4O6. The fraction of sp³-hybridized carbons (Fsp3) is 0.421. The predicted octanol–water partition coefficient (Wildman–Crippen LogP) is 1.51. The van der Waals surface area contributed by atoms with Crippen molar-refractivity contribution in [1.82, 2.24) is 9.55 Å². The molecule has 152 valence electrons. The second kappa shape index (κ2) is 7.28. The van der Waals surface area contributed by atoms with Crippen LogP contribution in [0.1, 0.15) is 27.0 Å². The molecule has 0 saturated carbocycles. The minimum absolute atomic E-state index is 0.0314. The highest BCUT2D eigenvalue weighted by molar-refractivity contribution is 6.06. The summed E-state index contributed by atoms with van der Waals surface area (Å²) >= 11 is 0. The number of carbonyl (C=O) groups excluding carboxylic acids is 2. The van der Waals surface area contributed by atoms with E-state index in [2.05, 4.69) is 15.3 Å². The smallest absolute Gasteiger partial charge is 0.303 e. The number of ether oxygens (including phenoxy) is 3. The summed E-state index contributed by atoms with van der Waals surface area (Å²) in [6, 6.07) is 3.06. The van der Waals surface area contributed by atoms with E-state index in [1.54, 1.807) is 6.07 Å². The number of carbonyl (C=O) groups is 2. The van der Waals surface area contributed by atoms with Crippen LogP contribution in [0.3, 0.4) is 0 Å². The van der Waals surface area contributed by atoms with Crippen molar-refractivity contribution in [3.8, 4) is 0 Å². The normalized spacial score (nSPS) is 24.9. The first-order valence-corrected chi connectivity index (χ1v) is 9.16. The molecule has 0 amide bonds. The van der Waals surface area contributed by atoms with E-state index in [4.69, 9.17) is 14.2 Å². The van der Waals surface area contributed by atoms with Crippen molar-refractivity contribution in [2.45, 2.75) is 39.2 Å². The van der Waals surface area contributed by atoms with E-state index in [0.717, 1.165) is 5.39 Å². The van der Waals surface area contributed by atoms with Crippen LogP contribution in [0, 0.1) is 5.92 Å². The summed E-state index contributed by atoms with van der Waals surface area (Å²) < 4.78 is 18.5. The maximum Gasteiger partial charge on any atom is 0.303 e. The van der Waals surface area contributed by atoms with E-state index >= 15 is 0 Å². The molecule has 0 aromatic carbocycles. The number of hydrogen-bond acceptors (Lipinski definition) is 9. The number of anilines is 1. The molecule has 1 N–H and O–H groups in total. The van der Waals surface area contributed by atoms with E-state index in [0.29, 0.717) is 17.0 Å². The maximum atomic E-state index is 11.8. The van der Waals surface area contributed by atoms with Gasteiger partial charge in [0.15, 0.2) is 0 Å². The molecular weight excluding hydrogens is 380 g/mol. The van der Waals surface area contributed by atoms with Crippen LogP contribution in [0.4, 0.5) is 11.6 Å². The summed E-state index contributed by atoms with van der Waals surface area (Å²) in [6.07, 6.45) is 1.54. The van der Waals surface area contributed by atoms with Crippen LogP contribution < -0.4 is 10.9 Å². The maximum absolute atomic E-state index is 11.8. The number of rotatable bonds is 4. The topological polar surface area (TPSA) is 121 Å². The zero-order chi connectivity index (χ0) is 20.7. The monoisotopic (exact) mass is 400 g/mol. The lowest BCUT2D eigenvalue weighted by Crippen LogP contribution is -2.34. The van der Waals surface area contributed by atoms with Gasteiger partial charge >= 0.3 is 11.9 Å². The molecule has 1 unspecified atom stereocenters. The van der Waals surface area contributed by atoms with Gasteiger partial charge in [0, 0.05) is 37.4 Å². The van der Waals surface area contributed by atoms with E-state index in [-0.39, 0.29) is 18.1 Å². The minimum Gasteiger partial charge on any atom is -0.463 e. The molecule has 1 saturated heterocycles. The lowest BCUT2D eigenvalue weighted by molar-refractivity contribution is -0.156. The van der Waals surface area contributed by atoms with Gasteiger partial charge in [-0.15, -0.1) is 0 Å². The van der Waals surface area contributed by atoms with E-state index in [1.807, 2.05) is 17.7 Å². The molecule has 4 atom stereocenters. The van der Waals surface area contributed by atoms with Gasteiger partial charge in [-0.25, -0.2) is 4.99 Å².